The highest BCUT2D eigenvalue weighted by molar-refractivity contribution is 7.22. The molecule has 1 aliphatic heterocycles. The molecule has 3 aromatic rings. The van der Waals surface area contributed by atoms with E-state index in [-0.39, 0.29) is 48.5 Å². The third-order valence-electron chi connectivity index (χ3n) is 5.22. The number of fused-ring (bicyclic) bond motifs is 1. The highest BCUT2D eigenvalue weighted by atomic mass is 35.5. The van der Waals surface area contributed by atoms with E-state index in [0.29, 0.717) is 34.0 Å². The van der Waals surface area contributed by atoms with Crippen molar-refractivity contribution < 1.29 is 18.8 Å². The summed E-state index contributed by atoms with van der Waals surface area (Å²) in [7, 11) is 3.90. The third-order valence-corrected chi connectivity index (χ3v) is 6.27. The molecule has 0 saturated carbocycles. The van der Waals surface area contributed by atoms with Crippen molar-refractivity contribution in [1.29, 1.82) is 0 Å². The van der Waals surface area contributed by atoms with Crippen molar-refractivity contribution >= 4 is 62.5 Å². The highest BCUT2D eigenvalue weighted by Crippen LogP contribution is 2.32. The first kappa shape index (κ1) is 24.8. The Labute approximate surface area is 201 Å². The molecular formula is C23H24ClFN4O3S. The minimum Gasteiger partial charge on any atom is -0.309 e. The molecule has 10 heteroatoms. The first-order valence-corrected chi connectivity index (χ1v) is 11.1. The Kier molecular flexibility index (Phi) is 7.78. The smallest absolute Gasteiger partial charge is 0.260 e. The predicted octanol–water partition coefficient (Wildman–Crippen LogP) is 4.11. The van der Waals surface area contributed by atoms with Crippen molar-refractivity contribution in [3.05, 3.63) is 53.8 Å². The Morgan fingerprint density at radius 3 is 2.45 bits per heavy atom. The van der Waals surface area contributed by atoms with Gasteiger partial charge in [0.25, 0.3) is 5.91 Å². The number of imide groups is 1. The zero-order chi connectivity index (χ0) is 22.8. The van der Waals surface area contributed by atoms with Gasteiger partial charge in [-0.05, 0) is 57.4 Å². The van der Waals surface area contributed by atoms with Crippen LogP contribution >= 0.6 is 23.7 Å². The quantitative estimate of drug-likeness (QED) is 0.466. The standard InChI is InChI=1S/C23H23FN4O3S.ClH/c1-26(2)12-5-13-27(23-25-21-17(24)8-4-9-18(21)32-23)22(31)15-6-3-7-16(14-15)28-19(29)10-11-20(28)30;/h3-4,6-9,14H,5,10-13H2,1-2H3;1H. The van der Waals surface area contributed by atoms with Crippen molar-refractivity contribution in [2.24, 2.45) is 0 Å². The van der Waals surface area contributed by atoms with E-state index in [1.165, 1.54) is 17.4 Å². The lowest BCUT2D eigenvalue weighted by molar-refractivity contribution is -0.121. The van der Waals surface area contributed by atoms with Crippen LogP contribution in [0.5, 0.6) is 0 Å². The number of anilines is 2. The number of aromatic nitrogens is 1. The second-order valence-corrected chi connectivity index (χ2v) is 8.88. The summed E-state index contributed by atoms with van der Waals surface area (Å²) in [5.41, 5.74) is 0.950. The second-order valence-electron chi connectivity index (χ2n) is 7.87. The van der Waals surface area contributed by atoms with Crippen molar-refractivity contribution in [1.82, 2.24) is 9.88 Å². The van der Waals surface area contributed by atoms with Crippen molar-refractivity contribution in [3.63, 3.8) is 0 Å². The lowest BCUT2D eigenvalue weighted by atomic mass is 10.1. The summed E-state index contributed by atoms with van der Waals surface area (Å²) < 4.78 is 14.9. The van der Waals surface area contributed by atoms with E-state index in [2.05, 4.69) is 4.98 Å². The monoisotopic (exact) mass is 490 g/mol. The number of halogens is 2. The van der Waals surface area contributed by atoms with E-state index in [1.807, 2.05) is 19.0 Å². The first-order chi connectivity index (χ1) is 15.3. The molecular weight excluding hydrogens is 467 g/mol. The molecule has 0 bridgehead atoms. The fraction of sp³-hybridized carbons (Fsp3) is 0.304. The maximum absolute atomic E-state index is 14.2. The molecule has 0 unspecified atom stereocenters. The summed E-state index contributed by atoms with van der Waals surface area (Å²) in [6.45, 7) is 1.16. The average molecular weight is 491 g/mol. The molecule has 2 aromatic carbocycles. The summed E-state index contributed by atoms with van der Waals surface area (Å²) in [6, 6.07) is 11.2. The van der Waals surface area contributed by atoms with E-state index < -0.39 is 5.82 Å². The molecule has 7 nitrogen and oxygen atoms in total. The Morgan fingerprint density at radius 2 is 1.79 bits per heavy atom. The predicted molar refractivity (Wildman–Crippen MR) is 130 cm³/mol. The van der Waals surface area contributed by atoms with Gasteiger partial charge in [0.05, 0.1) is 10.4 Å². The van der Waals surface area contributed by atoms with Crippen LogP contribution in [0.2, 0.25) is 0 Å². The topological polar surface area (TPSA) is 73.8 Å². The first-order valence-electron chi connectivity index (χ1n) is 10.3. The Bertz CT molecular complexity index is 1180. The maximum Gasteiger partial charge on any atom is 0.260 e. The van der Waals surface area contributed by atoms with Gasteiger partial charge in [-0.25, -0.2) is 9.37 Å². The fourth-order valence-corrected chi connectivity index (χ4v) is 4.65. The minimum atomic E-state index is -0.432. The molecule has 0 N–H and O–H groups in total. The number of rotatable bonds is 7. The number of thiazole rings is 1. The van der Waals surface area contributed by atoms with E-state index >= 15 is 0 Å². The SMILES string of the molecule is CN(C)CCCN(C(=O)c1cccc(N2C(=O)CCC2=O)c1)c1nc2c(F)cccc2s1.Cl. The number of hydrogen-bond acceptors (Lipinski definition) is 6. The minimum absolute atomic E-state index is 0. The van der Waals surface area contributed by atoms with Gasteiger partial charge in [0.1, 0.15) is 11.3 Å². The van der Waals surface area contributed by atoms with Gasteiger partial charge in [-0.2, -0.15) is 0 Å². The normalized spacial score (nSPS) is 13.6. The summed E-state index contributed by atoms with van der Waals surface area (Å²) >= 11 is 1.25. The molecule has 1 fully saturated rings. The van der Waals surface area contributed by atoms with Crippen molar-refractivity contribution in [2.75, 3.05) is 37.0 Å². The van der Waals surface area contributed by atoms with Crippen molar-refractivity contribution in [2.45, 2.75) is 19.3 Å². The van der Waals surface area contributed by atoms with E-state index in [0.717, 1.165) is 11.4 Å². The summed E-state index contributed by atoms with van der Waals surface area (Å²) in [6.07, 6.45) is 1.04. The molecule has 4 rings (SSSR count). The summed E-state index contributed by atoms with van der Waals surface area (Å²) in [5.74, 6) is -1.30. The summed E-state index contributed by atoms with van der Waals surface area (Å²) in [5, 5.41) is 0.410. The number of amides is 3. The van der Waals surface area contributed by atoms with Gasteiger partial charge in [-0.3, -0.25) is 24.2 Å². The van der Waals surface area contributed by atoms with E-state index in [4.69, 9.17) is 0 Å². The molecule has 0 atom stereocenters. The number of hydrogen-bond donors (Lipinski definition) is 0. The van der Waals surface area contributed by atoms with Crippen LogP contribution in [-0.4, -0.2) is 54.8 Å². The highest BCUT2D eigenvalue weighted by Gasteiger charge is 2.31. The molecule has 1 aliphatic rings. The molecule has 3 amide bonds. The van der Waals surface area contributed by atoms with Crippen LogP contribution in [-0.2, 0) is 9.59 Å². The molecule has 0 radical (unpaired) electrons. The van der Waals surface area contributed by atoms with Crippen LogP contribution in [0.3, 0.4) is 0 Å². The molecule has 0 aliphatic carbocycles. The third kappa shape index (κ3) is 5.21. The molecule has 1 aromatic heterocycles. The van der Waals surface area contributed by atoms with Gasteiger partial charge >= 0.3 is 0 Å². The lowest BCUT2D eigenvalue weighted by Crippen LogP contribution is -2.34. The van der Waals surface area contributed by atoms with Gasteiger partial charge in [0, 0.05) is 24.9 Å². The Hall–Kier alpha value is -2.88. The van der Waals surface area contributed by atoms with E-state index in [1.54, 1.807) is 41.3 Å². The van der Waals surface area contributed by atoms with Gasteiger partial charge in [-0.15, -0.1) is 12.4 Å². The fourth-order valence-electron chi connectivity index (χ4n) is 3.65. The van der Waals surface area contributed by atoms with Crippen LogP contribution in [0, 0.1) is 5.82 Å². The number of carbonyl (C=O) groups is 3. The van der Waals surface area contributed by atoms with Gasteiger partial charge in [0.2, 0.25) is 11.8 Å². The zero-order valence-corrected chi connectivity index (χ0v) is 19.9. The number of carbonyl (C=O) groups excluding carboxylic acids is 3. The average Bonchev–Trinajstić information content (AvgIpc) is 3.34. The Balaban J connectivity index is 0.00000306. The summed E-state index contributed by atoms with van der Waals surface area (Å²) in [4.78, 5) is 46.8. The van der Waals surface area contributed by atoms with Gasteiger partial charge in [-0.1, -0.05) is 23.5 Å². The van der Waals surface area contributed by atoms with Crippen LogP contribution < -0.4 is 9.80 Å². The number of nitrogens with zero attached hydrogens (tertiary/aromatic N) is 4. The maximum atomic E-state index is 14.2. The lowest BCUT2D eigenvalue weighted by Gasteiger charge is -2.22. The molecule has 1 saturated heterocycles. The van der Waals surface area contributed by atoms with Crippen molar-refractivity contribution in [3.8, 4) is 0 Å². The van der Waals surface area contributed by atoms with E-state index in [9.17, 15) is 18.8 Å². The molecule has 174 valence electrons. The molecule has 0 spiro atoms. The van der Waals surface area contributed by atoms with Crippen LogP contribution in [0.15, 0.2) is 42.5 Å². The van der Waals surface area contributed by atoms with Crippen LogP contribution in [0.1, 0.15) is 29.6 Å². The Morgan fingerprint density at radius 1 is 1.09 bits per heavy atom. The zero-order valence-electron chi connectivity index (χ0n) is 18.3. The number of para-hydroxylation sites is 1. The largest absolute Gasteiger partial charge is 0.309 e. The molecule has 2 heterocycles. The van der Waals surface area contributed by atoms with Crippen LogP contribution in [0.4, 0.5) is 15.2 Å². The molecule has 33 heavy (non-hydrogen) atoms. The number of benzene rings is 2. The second kappa shape index (κ2) is 10.4. The van der Waals surface area contributed by atoms with Crippen LogP contribution in [0.25, 0.3) is 10.2 Å². The van der Waals surface area contributed by atoms with Gasteiger partial charge < -0.3 is 4.90 Å². The van der Waals surface area contributed by atoms with Gasteiger partial charge in [0.15, 0.2) is 5.13 Å².